The molecule has 4 aromatic rings. The van der Waals surface area contributed by atoms with E-state index in [2.05, 4.69) is 32.3 Å². The van der Waals surface area contributed by atoms with Crippen molar-refractivity contribution in [3.05, 3.63) is 77.8 Å². The minimum Gasteiger partial charge on any atom is -0.346 e. The van der Waals surface area contributed by atoms with Crippen molar-refractivity contribution >= 4 is 22.5 Å². The number of hydrogen-bond acceptors (Lipinski definition) is 3. The van der Waals surface area contributed by atoms with E-state index in [1.165, 1.54) is 11.1 Å². The van der Waals surface area contributed by atoms with Crippen LogP contribution in [0.5, 0.6) is 0 Å². The second-order valence-electron chi connectivity index (χ2n) is 7.27. The Morgan fingerprint density at radius 1 is 1.14 bits per heavy atom. The van der Waals surface area contributed by atoms with Crippen molar-refractivity contribution in [1.29, 1.82) is 0 Å². The van der Waals surface area contributed by atoms with Crippen LogP contribution in [0.15, 0.2) is 60.9 Å². The maximum Gasteiger partial charge on any atom is 0.272 e. The first-order valence-electron chi connectivity index (χ1n) is 9.73. The van der Waals surface area contributed by atoms with E-state index in [1.54, 1.807) is 0 Å². The van der Waals surface area contributed by atoms with Gasteiger partial charge in [-0.15, -0.1) is 0 Å². The first kappa shape index (κ1) is 17.4. The summed E-state index contributed by atoms with van der Waals surface area (Å²) in [5.41, 5.74) is 6.63. The quantitative estimate of drug-likeness (QED) is 0.557. The number of fused-ring (bicyclic) bond motifs is 1. The fourth-order valence-electron chi connectivity index (χ4n) is 3.98. The highest BCUT2D eigenvalue weighted by molar-refractivity contribution is 5.96. The van der Waals surface area contributed by atoms with Crippen LogP contribution in [-0.4, -0.2) is 44.1 Å². The van der Waals surface area contributed by atoms with Crippen LogP contribution in [0.1, 0.15) is 28.0 Å². The number of amides is 1. The van der Waals surface area contributed by atoms with Crippen LogP contribution in [0.4, 0.5) is 0 Å². The molecule has 2 N–H and O–H groups in total. The first-order valence-corrected chi connectivity index (χ1v) is 9.73. The number of carbonyl (C=O) groups excluding carboxylic acids is 1. The standard InChI is InChI=1S/C23H21N5O/c1-15-20(17-5-3-2-4-6-17)26-27-21(15)23(29)28-13-9-16(10-14-28)18-7-11-24-22-19(18)8-12-25-22/h2-9,11-12H,10,13-14H2,1H3,(H,24,25)(H,26,27). The lowest BCUT2D eigenvalue weighted by atomic mass is 9.97. The maximum absolute atomic E-state index is 13.1. The SMILES string of the molecule is Cc1c(-c2ccccc2)n[nH]c1C(=O)N1CC=C(c2ccnc3[nH]ccc23)CC1. The van der Waals surface area contributed by atoms with Gasteiger partial charge in [0.15, 0.2) is 0 Å². The van der Waals surface area contributed by atoms with Crippen LogP contribution in [0.25, 0.3) is 27.9 Å². The molecule has 6 heteroatoms. The average Bonchev–Trinajstić information content (AvgIpc) is 3.40. The van der Waals surface area contributed by atoms with Crippen molar-refractivity contribution in [3.63, 3.8) is 0 Å². The molecule has 1 aliphatic heterocycles. The van der Waals surface area contributed by atoms with Crippen molar-refractivity contribution in [2.75, 3.05) is 13.1 Å². The van der Waals surface area contributed by atoms with Gasteiger partial charge in [-0.3, -0.25) is 9.89 Å². The number of hydrogen-bond donors (Lipinski definition) is 2. The molecule has 5 rings (SSSR count). The van der Waals surface area contributed by atoms with E-state index in [0.29, 0.717) is 18.8 Å². The number of aromatic nitrogens is 4. The number of pyridine rings is 1. The lowest BCUT2D eigenvalue weighted by Gasteiger charge is -2.26. The third kappa shape index (κ3) is 3.02. The zero-order valence-corrected chi connectivity index (χ0v) is 16.1. The van der Waals surface area contributed by atoms with Crippen molar-refractivity contribution in [2.45, 2.75) is 13.3 Å². The van der Waals surface area contributed by atoms with Gasteiger partial charge in [0.1, 0.15) is 11.3 Å². The Hall–Kier alpha value is -3.67. The average molecular weight is 383 g/mol. The monoisotopic (exact) mass is 383 g/mol. The number of carbonyl (C=O) groups is 1. The van der Waals surface area contributed by atoms with Crippen molar-refractivity contribution in [3.8, 4) is 11.3 Å². The van der Waals surface area contributed by atoms with Gasteiger partial charge in [-0.2, -0.15) is 5.10 Å². The highest BCUT2D eigenvalue weighted by Gasteiger charge is 2.24. The van der Waals surface area contributed by atoms with Gasteiger partial charge in [0.25, 0.3) is 5.91 Å². The summed E-state index contributed by atoms with van der Waals surface area (Å²) in [5, 5.41) is 8.47. The van der Waals surface area contributed by atoms with E-state index in [0.717, 1.165) is 34.3 Å². The van der Waals surface area contributed by atoms with Crippen molar-refractivity contribution in [1.82, 2.24) is 25.1 Å². The van der Waals surface area contributed by atoms with E-state index in [1.807, 2.05) is 60.6 Å². The molecule has 144 valence electrons. The van der Waals surface area contributed by atoms with Crippen LogP contribution < -0.4 is 0 Å². The number of aromatic amines is 2. The van der Waals surface area contributed by atoms with Crippen LogP contribution in [0, 0.1) is 6.92 Å². The molecule has 0 saturated carbocycles. The van der Waals surface area contributed by atoms with Gasteiger partial charge in [0.2, 0.25) is 0 Å². The highest BCUT2D eigenvalue weighted by atomic mass is 16.2. The fraction of sp³-hybridized carbons (Fsp3) is 0.174. The molecule has 0 aliphatic carbocycles. The first-order chi connectivity index (χ1) is 14.2. The van der Waals surface area contributed by atoms with Gasteiger partial charge in [-0.1, -0.05) is 36.4 Å². The summed E-state index contributed by atoms with van der Waals surface area (Å²) in [6, 6.07) is 14.0. The summed E-state index contributed by atoms with van der Waals surface area (Å²) < 4.78 is 0. The Morgan fingerprint density at radius 3 is 2.79 bits per heavy atom. The zero-order chi connectivity index (χ0) is 19.8. The molecule has 1 aliphatic rings. The van der Waals surface area contributed by atoms with E-state index < -0.39 is 0 Å². The van der Waals surface area contributed by atoms with E-state index in [4.69, 9.17) is 0 Å². The van der Waals surface area contributed by atoms with E-state index >= 15 is 0 Å². The number of benzene rings is 1. The number of nitrogens with zero attached hydrogens (tertiary/aromatic N) is 3. The van der Waals surface area contributed by atoms with Gasteiger partial charge < -0.3 is 9.88 Å². The largest absolute Gasteiger partial charge is 0.346 e. The van der Waals surface area contributed by atoms with Crippen molar-refractivity contribution in [2.24, 2.45) is 0 Å². The van der Waals surface area contributed by atoms with Gasteiger partial charge in [0.05, 0.1) is 5.69 Å². The van der Waals surface area contributed by atoms with Gasteiger partial charge in [0, 0.05) is 42.0 Å². The van der Waals surface area contributed by atoms with Crippen LogP contribution in [-0.2, 0) is 0 Å². The Bertz CT molecular complexity index is 1220. The second kappa shape index (κ2) is 7.05. The molecule has 0 radical (unpaired) electrons. The summed E-state index contributed by atoms with van der Waals surface area (Å²) in [7, 11) is 0. The predicted octanol–water partition coefficient (Wildman–Crippen LogP) is 4.19. The molecule has 0 atom stereocenters. The van der Waals surface area contributed by atoms with Gasteiger partial charge in [-0.25, -0.2) is 4.98 Å². The zero-order valence-electron chi connectivity index (χ0n) is 16.1. The number of H-pyrrole nitrogens is 2. The summed E-state index contributed by atoms with van der Waals surface area (Å²) in [6.07, 6.45) is 6.69. The third-order valence-electron chi connectivity index (χ3n) is 5.57. The maximum atomic E-state index is 13.1. The molecule has 4 heterocycles. The summed E-state index contributed by atoms with van der Waals surface area (Å²) >= 11 is 0. The molecular weight excluding hydrogens is 362 g/mol. The van der Waals surface area contributed by atoms with Gasteiger partial charge in [-0.05, 0) is 36.6 Å². The third-order valence-corrected chi connectivity index (χ3v) is 5.57. The second-order valence-corrected chi connectivity index (χ2v) is 7.27. The number of nitrogens with one attached hydrogen (secondary N) is 2. The summed E-state index contributed by atoms with van der Waals surface area (Å²) in [4.78, 5) is 22.5. The molecule has 0 spiro atoms. The Kier molecular flexibility index (Phi) is 4.24. The summed E-state index contributed by atoms with van der Waals surface area (Å²) in [5.74, 6) is -0.00555. The molecule has 1 aromatic carbocycles. The lowest BCUT2D eigenvalue weighted by Crippen LogP contribution is -2.35. The molecule has 0 saturated heterocycles. The lowest BCUT2D eigenvalue weighted by molar-refractivity contribution is 0.0766. The van der Waals surface area contributed by atoms with E-state index in [9.17, 15) is 4.79 Å². The van der Waals surface area contributed by atoms with Crippen LogP contribution in [0.3, 0.4) is 0 Å². The van der Waals surface area contributed by atoms with Crippen LogP contribution in [0.2, 0.25) is 0 Å². The van der Waals surface area contributed by atoms with Crippen molar-refractivity contribution < 1.29 is 4.79 Å². The Balaban J connectivity index is 1.38. The minimum atomic E-state index is -0.00555. The van der Waals surface area contributed by atoms with Crippen LogP contribution >= 0.6 is 0 Å². The highest BCUT2D eigenvalue weighted by Crippen LogP contribution is 2.29. The Morgan fingerprint density at radius 2 is 2.00 bits per heavy atom. The topological polar surface area (TPSA) is 77.7 Å². The van der Waals surface area contributed by atoms with E-state index in [-0.39, 0.29) is 5.91 Å². The fourth-order valence-corrected chi connectivity index (χ4v) is 3.98. The normalized spacial score (nSPS) is 14.2. The Labute approximate surface area is 168 Å². The molecular formula is C23H21N5O. The molecule has 3 aromatic heterocycles. The molecule has 0 fully saturated rings. The summed E-state index contributed by atoms with van der Waals surface area (Å²) in [6.45, 7) is 3.21. The molecule has 6 nitrogen and oxygen atoms in total. The minimum absolute atomic E-state index is 0.00555. The molecule has 0 bridgehead atoms. The molecule has 1 amide bonds. The number of rotatable bonds is 3. The van der Waals surface area contributed by atoms with Gasteiger partial charge >= 0.3 is 0 Å². The molecule has 29 heavy (non-hydrogen) atoms. The predicted molar refractivity (Wildman–Crippen MR) is 113 cm³/mol. The molecule has 0 unspecified atom stereocenters. The smallest absolute Gasteiger partial charge is 0.272 e.